The molecule has 2 heterocycles. The van der Waals surface area contributed by atoms with Crippen molar-refractivity contribution in [3.8, 4) is 0 Å². The number of hydrogen-bond acceptors (Lipinski definition) is 3. The van der Waals surface area contributed by atoms with Gasteiger partial charge in [0.15, 0.2) is 0 Å². The Morgan fingerprint density at radius 2 is 2.04 bits per heavy atom. The number of aromatic amines is 1. The van der Waals surface area contributed by atoms with Gasteiger partial charge in [-0.25, -0.2) is 4.98 Å². The second-order valence-corrected chi connectivity index (χ2v) is 6.82. The fourth-order valence-electron chi connectivity index (χ4n) is 2.52. The largest absolute Gasteiger partial charge is 0.363 e. The molecule has 4 nitrogen and oxygen atoms in total. The summed E-state index contributed by atoms with van der Waals surface area (Å²) in [6, 6.07) is 10.9. The molecule has 6 heteroatoms. The summed E-state index contributed by atoms with van der Waals surface area (Å²) in [5.41, 5.74) is 2.19. The molecule has 2 N–H and O–H groups in total. The summed E-state index contributed by atoms with van der Waals surface area (Å²) in [5.74, 6) is 0.718. The summed E-state index contributed by atoms with van der Waals surface area (Å²) < 4.78 is 0.943. The van der Waals surface area contributed by atoms with Gasteiger partial charge in [-0.2, -0.15) is 0 Å². The second-order valence-electron chi connectivity index (χ2n) is 5.46. The summed E-state index contributed by atoms with van der Waals surface area (Å²) in [6.07, 6.45) is 0. The highest BCUT2D eigenvalue weighted by Crippen LogP contribution is 2.23. The lowest BCUT2D eigenvalue weighted by atomic mass is 10.1. The molecular formula is C17H15BrClN3O. The van der Waals surface area contributed by atoms with E-state index in [4.69, 9.17) is 11.6 Å². The monoisotopic (exact) mass is 391 g/mol. The third-order valence-electron chi connectivity index (χ3n) is 3.58. The van der Waals surface area contributed by atoms with Crippen LogP contribution >= 0.6 is 27.5 Å². The van der Waals surface area contributed by atoms with Crippen LogP contribution in [0, 0.1) is 6.92 Å². The second kappa shape index (κ2) is 6.34. The first kappa shape index (κ1) is 16.0. The summed E-state index contributed by atoms with van der Waals surface area (Å²) in [7, 11) is 0. The number of aromatic nitrogens is 2. The van der Waals surface area contributed by atoms with Crippen LogP contribution in [0.2, 0.25) is 5.02 Å². The fraction of sp³-hybridized carbons (Fsp3) is 0.176. The number of anilines is 1. The SMILES string of the molecule is Cc1cc(Br)cc(N[C@@H](C)c2cc3cc(Cl)ccc3[nH]c2=O)n1. The molecule has 118 valence electrons. The van der Waals surface area contributed by atoms with Gasteiger partial charge in [0.25, 0.3) is 5.56 Å². The number of nitrogens with one attached hydrogen (secondary N) is 2. The molecule has 0 saturated carbocycles. The van der Waals surface area contributed by atoms with Crippen LogP contribution in [0.4, 0.5) is 5.82 Å². The zero-order valence-electron chi connectivity index (χ0n) is 12.7. The van der Waals surface area contributed by atoms with Crippen molar-refractivity contribution in [2.24, 2.45) is 0 Å². The third-order valence-corrected chi connectivity index (χ3v) is 4.28. The van der Waals surface area contributed by atoms with Gasteiger partial charge in [-0.15, -0.1) is 0 Å². The van der Waals surface area contributed by atoms with Gasteiger partial charge >= 0.3 is 0 Å². The Balaban J connectivity index is 1.98. The predicted octanol–water partition coefficient (Wildman–Crippen LogP) is 4.82. The number of aryl methyl sites for hydroxylation is 1. The highest BCUT2D eigenvalue weighted by Gasteiger charge is 2.12. The molecule has 0 fully saturated rings. The van der Waals surface area contributed by atoms with Gasteiger partial charge in [-0.05, 0) is 50.2 Å². The smallest absolute Gasteiger partial charge is 0.253 e. The van der Waals surface area contributed by atoms with E-state index in [9.17, 15) is 4.79 Å². The molecule has 0 saturated heterocycles. The van der Waals surface area contributed by atoms with Crippen LogP contribution in [-0.4, -0.2) is 9.97 Å². The van der Waals surface area contributed by atoms with Crippen molar-refractivity contribution < 1.29 is 0 Å². The predicted molar refractivity (Wildman–Crippen MR) is 98.3 cm³/mol. The molecular weight excluding hydrogens is 378 g/mol. The van der Waals surface area contributed by atoms with Crippen molar-refractivity contribution >= 4 is 44.3 Å². The number of nitrogens with zero attached hydrogens (tertiary/aromatic N) is 1. The molecule has 0 radical (unpaired) electrons. The Hall–Kier alpha value is -1.85. The Morgan fingerprint density at radius 3 is 2.78 bits per heavy atom. The van der Waals surface area contributed by atoms with Gasteiger partial charge < -0.3 is 10.3 Å². The molecule has 0 aliphatic heterocycles. The minimum absolute atomic E-state index is 0.119. The van der Waals surface area contributed by atoms with Gasteiger partial charge in [-0.1, -0.05) is 27.5 Å². The first-order valence-corrected chi connectivity index (χ1v) is 8.33. The Kier molecular flexibility index (Phi) is 4.41. The molecule has 0 bridgehead atoms. The van der Waals surface area contributed by atoms with Crippen LogP contribution in [0.15, 0.2) is 45.7 Å². The molecule has 0 aliphatic carbocycles. The Labute approximate surface area is 147 Å². The first-order chi connectivity index (χ1) is 10.9. The lowest BCUT2D eigenvalue weighted by Gasteiger charge is -2.15. The maximum atomic E-state index is 12.3. The molecule has 1 aromatic carbocycles. The zero-order chi connectivity index (χ0) is 16.6. The summed E-state index contributed by atoms with van der Waals surface area (Å²) in [5, 5.41) is 4.81. The number of halogens is 2. The molecule has 1 atom stereocenters. The first-order valence-electron chi connectivity index (χ1n) is 7.15. The summed E-state index contributed by atoms with van der Waals surface area (Å²) >= 11 is 9.48. The van der Waals surface area contributed by atoms with E-state index < -0.39 is 0 Å². The Morgan fingerprint density at radius 1 is 1.26 bits per heavy atom. The average Bonchev–Trinajstić information content (AvgIpc) is 2.45. The average molecular weight is 393 g/mol. The summed E-state index contributed by atoms with van der Waals surface area (Å²) in [4.78, 5) is 19.6. The van der Waals surface area contributed by atoms with E-state index in [0.717, 1.165) is 26.9 Å². The quantitative estimate of drug-likeness (QED) is 0.672. The molecule has 3 rings (SSSR count). The highest BCUT2D eigenvalue weighted by atomic mass is 79.9. The van der Waals surface area contributed by atoms with E-state index in [1.165, 1.54) is 0 Å². The Bertz CT molecular complexity index is 919. The maximum absolute atomic E-state index is 12.3. The van der Waals surface area contributed by atoms with E-state index in [2.05, 4.69) is 31.2 Å². The van der Waals surface area contributed by atoms with Crippen molar-refractivity contribution in [3.05, 3.63) is 67.5 Å². The normalized spacial score (nSPS) is 12.3. The highest BCUT2D eigenvalue weighted by molar-refractivity contribution is 9.10. The van der Waals surface area contributed by atoms with Gasteiger partial charge in [0.1, 0.15) is 5.82 Å². The van der Waals surface area contributed by atoms with Crippen LogP contribution < -0.4 is 10.9 Å². The topological polar surface area (TPSA) is 57.8 Å². The lowest BCUT2D eigenvalue weighted by Crippen LogP contribution is -2.19. The zero-order valence-corrected chi connectivity index (χ0v) is 15.0. The van der Waals surface area contributed by atoms with Crippen molar-refractivity contribution in [3.63, 3.8) is 0 Å². The van der Waals surface area contributed by atoms with Crippen LogP contribution in [0.3, 0.4) is 0 Å². The summed E-state index contributed by atoms with van der Waals surface area (Å²) in [6.45, 7) is 3.85. The number of pyridine rings is 2. The number of fused-ring (bicyclic) bond motifs is 1. The molecule has 3 aromatic rings. The van der Waals surface area contributed by atoms with Crippen LogP contribution in [0.25, 0.3) is 10.9 Å². The van der Waals surface area contributed by atoms with Crippen molar-refractivity contribution in [1.29, 1.82) is 0 Å². The maximum Gasteiger partial charge on any atom is 0.253 e. The van der Waals surface area contributed by atoms with E-state index in [-0.39, 0.29) is 11.6 Å². The fourth-order valence-corrected chi connectivity index (χ4v) is 3.24. The number of benzene rings is 1. The third kappa shape index (κ3) is 3.57. The van der Waals surface area contributed by atoms with E-state index in [1.807, 2.05) is 38.1 Å². The van der Waals surface area contributed by atoms with Gasteiger partial charge in [0, 0.05) is 31.7 Å². The van der Waals surface area contributed by atoms with E-state index in [0.29, 0.717) is 10.6 Å². The van der Waals surface area contributed by atoms with Gasteiger partial charge in [0.2, 0.25) is 0 Å². The molecule has 0 spiro atoms. The van der Waals surface area contributed by atoms with E-state index >= 15 is 0 Å². The van der Waals surface area contributed by atoms with Crippen molar-refractivity contribution in [2.75, 3.05) is 5.32 Å². The van der Waals surface area contributed by atoms with Crippen LogP contribution in [0.1, 0.15) is 24.2 Å². The van der Waals surface area contributed by atoms with Crippen LogP contribution in [-0.2, 0) is 0 Å². The minimum atomic E-state index is -0.191. The van der Waals surface area contributed by atoms with E-state index in [1.54, 1.807) is 12.1 Å². The molecule has 0 aliphatic rings. The molecule has 0 amide bonds. The number of rotatable bonds is 3. The molecule has 0 unspecified atom stereocenters. The van der Waals surface area contributed by atoms with Crippen molar-refractivity contribution in [2.45, 2.75) is 19.9 Å². The standard InChI is InChI=1S/C17H15BrClN3O/c1-9-5-12(18)8-16(20-9)21-10(2)14-7-11-6-13(19)3-4-15(11)22-17(14)23/h3-8,10H,1-2H3,(H,20,21)(H,22,23)/t10-/m0/s1. The van der Waals surface area contributed by atoms with Gasteiger partial charge in [0.05, 0.1) is 6.04 Å². The number of hydrogen-bond donors (Lipinski definition) is 2. The van der Waals surface area contributed by atoms with Crippen LogP contribution in [0.5, 0.6) is 0 Å². The number of H-pyrrole nitrogens is 1. The molecule has 23 heavy (non-hydrogen) atoms. The van der Waals surface area contributed by atoms with Gasteiger partial charge in [-0.3, -0.25) is 4.79 Å². The minimum Gasteiger partial charge on any atom is -0.363 e. The lowest BCUT2D eigenvalue weighted by molar-refractivity contribution is 0.855. The molecule has 2 aromatic heterocycles. The van der Waals surface area contributed by atoms with Crippen molar-refractivity contribution in [1.82, 2.24) is 9.97 Å².